The summed E-state index contributed by atoms with van der Waals surface area (Å²) in [5.74, 6) is -0.627. The second kappa shape index (κ2) is 8.52. The van der Waals surface area contributed by atoms with Crippen LogP contribution in [0.4, 0.5) is 4.79 Å². The first-order valence-electron chi connectivity index (χ1n) is 11.0. The van der Waals surface area contributed by atoms with Crippen molar-refractivity contribution in [1.29, 1.82) is 0 Å². The second-order valence-corrected chi connectivity index (χ2v) is 10.4. The number of carbonyl (C=O) groups is 3. The normalized spacial score (nSPS) is 22.4. The first-order valence-corrected chi connectivity index (χ1v) is 12.2. The van der Waals surface area contributed by atoms with E-state index in [-0.39, 0.29) is 12.1 Å². The summed E-state index contributed by atoms with van der Waals surface area (Å²) in [6, 6.07) is 8.41. The zero-order chi connectivity index (χ0) is 24.0. The molecule has 2 fully saturated rings. The third kappa shape index (κ3) is 3.97. The summed E-state index contributed by atoms with van der Waals surface area (Å²) in [5.41, 5.74) is 2.46. The van der Waals surface area contributed by atoms with Crippen molar-refractivity contribution < 1.29 is 14.4 Å². The standard InChI is InChI=1S/C23H22ClN5O4S/c1-13-6-8-23(9-7-13)21(32)29(22(33)26-23)27-18(30)11-28-12-25-16-10-17(34-19(16)20(28)31)14-2-4-15(24)5-3-14/h2-5,10,12-13H,6-9,11H2,1H3,(H,26,33)(H,27,30). The van der Waals surface area contributed by atoms with Crippen molar-refractivity contribution >= 4 is 51.0 Å². The van der Waals surface area contributed by atoms with Gasteiger partial charge in [0.1, 0.15) is 16.8 Å². The lowest BCUT2D eigenvalue weighted by Gasteiger charge is -2.33. The number of rotatable bonds is 4. The molecule has 0 unspecified atom stereocenters. The Morgan fingerprint density at radius 2 is 1.94 bits per heavy atom. The average molecular weight is 500 g/mol. The van der Waals surface area contributed by atoms with Gasteiger partial charge in [-0.25, -0.2) is 9.78 Å². The van der Waals surface area contributed by atoms with E-state index in [9.17, 15) is 19.2 Å². The highest BCUT2D eigenvalue weighted by Crippen LogP contribution is 2.36. The van der Waals surface area contributed by atoms with Gasteiger partial charge in [-0.3, -0.25) is 24.4 Å². The van der Waals surface area contributed by atoms with Crippen molar-refractivity contribution in [3.8, 4) is 10.4 Å². The van der Waals surface area contributed by atoms with E-state index in [1.54, 1.807) is 12.1 Å². The summed E-state index contributed by atoms with van der Waals surface area (Å²) in [4.78, 5) is 56.1. The van der Waals surface area contributed by atoms with Crippen molar-refractivity contribution in [2.75, 3.05) is 0 Å². The van der Waals surface area contributed by atoms with Crippen LogP contribution in [0.1, 0.15) is 32.6 Å². The molecule has 2 N–H and O–H groups in total. The predicted molar refractivity (Wildman–Crippen MR) is 128 cm³/mol. The van der Waals surface area contributed by atoms with E-state index in [1.165, 1.54) is 17.7 Å². The smallest absolute Gasteiger partial charge is 0.322 e. The number of halogens is 1. The Morgan fingerprint density at radius 1 is 1.24 bits per heavy atom. The minimum atomic E-state index is -0.955. The van der Waals surface area contributed by atoms with Crippen molar-refractivity contribution in [3.05, 3.63) is 52.0 Å². The molecule has 0 atom stereocenters. The fraction of sp³-hybridized carbons (Fsp3) is 0.348. The minimum absolute atomic E-state index is 0.375. The first-order chi connectivity index (χ1) is 16.3. The minimum Gasteiger partial charge on any atom is -0.322 e. The molecule has 5 rings (SSSR count). The molecule has 1 spiro atoms. The molecule has 4 amide bonds. The molecule has 34 heavy (non-hydrogen) atoms. The molecule has 1 saturated carbocycles. The predicted octanol–water partition coefficient (Wildman–Crippen LogP) is 3.31. The van der Waals surface area contributed by atoms with Crippen LogP contribution in [-0.2, 0) is 16.1 Å². The van der Waals surface area contributed by atoms with Crippen LogP contribution in [0.15, 0.2) is 41.5 Å². The summed E-state index contributed by atoms with van der Waals surface area (Å²) in [7, 11) is 0. The molecular formula is C23H22ClN5O4S. The number of urea groups is 1. The monoisotopic (exact) mass is 499 g/mol. The Labute approximate surface area is 203 Å². The van der Waals surface area contributed by atoms with Crippen molar-refractivity contribution in [3.63, 3.8) is 0 Å². The van der Waals surface area contributed by atoms with E-state index in [2.05, 4.69) is 22.7 Å². The fourth-order valence-corrected chi connectivity index (χ4v) is 5.64. The quantitative estimate of drug-likeness (QED) is 0.535. The molecule has 0 bridgehead atoms. The lowest BCUT2D eigenvalue weighted by Crippen LogP contribution is -2.52. The lowest BCUT2D eigenvalue weighted by molar-refractivity contribution is -0.140. The van der Waals surface area contributed by atoms with Gasteiger partial charge in [-0.05, 0) is 55.4 Å². The van der Waals surface area contributed by atoms with Gasteiger partial charge in [0, 0.05) is 9.90 Å². The third-order valence-corrected chi connectivity index (χ3v) is 7.89. The van der Waals surface area contributed by atoms with E-state index < -0.39 is 23.4 Å². The Morgan fingerprint density at radius 3 is 2.65 bits per heavy atom. The van der Waals surface area contributed by atoms with Gasteiger partial charge >= 0.3 is 6.03 Å². The van der Waals surface area contributed by atoms with Crippen LogP contribution < -0.4 is 16.3 Å². The molecule has 3 aromatic rings. The van der Waals surface area contributed by atoms with E-state index in [1.807, 2.05) is 18.2 Å². The number of imide groups is 1. The van der Waals surface area contributed by atoms with Gasteiger partial charge in [-0.1, -0.05) is 30.7 Å². The highest BCUT2D eigenvalue weighted by Gasteiger charge is 2.52. The number of thiophene rings is 1. The maximum Gasteiger partial charge on any atom is 0.344 e. The fourth-order valence-electron chi connectivity index (χ4n) is 4.44. The maximum atomic E-state index is 13.0. The number of nitrogens with zero attached hydrogens (tertiary/aromatic N) is 3. The van der Waals surface area contributed by atoms with E-state index in [0.29, 0.717) is 34.0 Å². The maximum absolute atomic E-state index is 13.0. The van der Waals surface area contributed by atoms with Crippen molar-refractivity contribution in [2.45, 2.75) is 44.7 Å². The molecule has 11 heteroatoms. The summed E-state index contributed by atoms with van der Waals surface area (Å²) >= 11 is 7.22. The molecule has 1 aromatic carbocycles. The molecule has 176 valence electrons. The number of hydrogen-bond donors (Lipinski definition) is 2. The van der Waals surface area contributed by atoms with Crippen LogP contribution in [-0.4, -0.2) is 37.9 Å². The highest BCUT2D eigenvalue weighted by molar-refractivity contribution is 7.22. The third-order valence-electron chi connectivity index (χ3n) is 6.47. The number of carbonyl (C=O) groups excluding carboxylic acids is 3. The van der Waals surface area contributed by atoms with E-state index in [0.717, 1.165) is 32.9 Å². The second-order valence-electron chi connectivity index (χ2n) is 8.88. The molecule has 9 nitrogen and oxygen atoms in total. The van der Waals surface area contributed by atoms with E-state index >= 15 is 0 Å². The molecule has 1 aliphatic carbocycles. The number of hydrazine groups is 1. The van der Waals surface area contributed by atoms with Gasteiger partial charge in [0.05, 0.1) is 11.8 Å². The molecule has 1 aliphatic heterocycles. The van der Waals surface area contributed by atoms with Gasteiger partial charge in [0.2, 0.25) is 0 Å². The van der Waals surface area contributed by atoms with Crippen molar-refractivity contribution in [1.82, 2.24) is 25.3 Å². The number of benzene rings is 1. The zero-order valence-corrected chi connectivity index (χ0v) is 19.9. The van der Waals surface area contributed by atoms with Crippen LogP contribution in [0, 0.1) is 5.92 Å². The Kier molecular flexibility index (Phi) is 5.65. The largest absolute Gasteiger partial charge is 0.344 e. The zero-order valence-electron chi connectivity index (χ0n) is 18.3. The molecule has 1 saturated heterocycles. The molecule has 2 aliphatic rings. The van der Waals surface area contributed by atoms with Crippen LogP contribution >= 0.6 is 22.9 Å². The summed E-state index contributed by atoms with van der Waals surface area (Å²) in [6.07, 6.45) is 4.03. The topological polar surface area (TPSA) is 113 Å². The molecule has 0 radical (unpaired) electrons. The summed E-state index contributed by atoms with van der Waals surface area (Å²) < 4.78 is 1.57. The SMILES string of the molecule is CC1CCC2(CC1)NC(=O)N(NC(=O)Cn1cnc3cc(-c4ccc(Cl)cc4)sc3c1=O)C2=O. The Balaban J connectivity index is 1.32. The van der Waals surface area contributed by atoms with Crippen LogP contribution in [0.3, 0.4) is 0 Å². The van der Waals surface area contributed by atoms with Gasteiger partial charge in [-0.15, -0.1) is 11.3 Å². The Bertz CT molecular complexity index is 1360. The van der Waals surface area contributed by atoms with Crippen LogP contribution in [0.25, 0.3) is 20.7 Å². The highest BCUT2D eigenvalue weighted by atomic mass is 35.5. The van der Waals surface area contributed by atoms with Gasteiger partial charge in [0.15, 0.2) is 0 Å². The number of amides is 4. The average Bonchev–Trinajstić information content (AvgIpc) is 3.34. The molecule has 2 aromatic heterocycles. The van der Waals surface area contributed by atoms with Crippen LogP contribution in [0.5, 0.6) is 0 Å². The molecule has 3 heterocycles. The van der Waals surface area contributed by atoms with Crippen LogP contribution in [0.2, 0.25) is 5.02 Å². The summed E-state index contributed by atoms with van der Waals surface area (Å²) in [5, 5.41) is 4.10. The van der Waals surface area contributed by atoms with Gasteiger partial charge < -0.3 is 5.32 Å². The van der Waals surface area contributed by atoms with E-state index in [4.69, 9.17) is 11.6 Å². The number of fused-ring (bicyclic) bond motifs is 1. The molecular weight excluding hydrogens is 478 g/mol. The number of hydrogen-bond acceptors (Lipinski definition) is 6. The lowest BCUT2D eigenvalue weighted by atomic mass is 9.77. The van der Waals surface area contributed by atoms with Gasteiger partial charge in [0.25, 0.3) is 17.4 Å². The van der Waals surface area contributed by atoms with Gasteiger partial charge in [-0.2, -0.15) is 5.01 Å². The first kappa shape index (κ1) is 22.5. The Hall–Kier alpha value is -3.24. The summed E-state index contributed by atoms with van der Waals surface area (Å²) in [6.45, 7) is 1.74. The van der Waals surface area contributed by atoms with Crippen molar-refractivity contribution in [2.24, 2.45) is 5.92 Å². The number of aromatic nitrogens is 2. The number of nitrogens with one attached hydrogen (secondary N) is 2.